The predicted octanol–water partition coefficient (Wildman–Crippen LogP) is 1.50. The highest BCUT2D eigenvalue weighted by Gasteiger charge is 2.30. The van der Waals surface area contributed by atoms with E-state index in [1.165, 1.54) is 11.1 Å². The van der Waals surface area contributed by atoms with Crippen LogP contribution in [0.2, 0.25) is 0 Å². The smallest absolute Gasteiger partial charge is 0.0896 e. The molecule has 0 aromatic carbocycles. The van der Waals surface area contributed by atoms with E-state index in [1.807, 2.05) is 35.0 Å². The number of rotatable bonds is 6. The van der Waals surface area contributed by atoms with Gasteiger partial charge in [0.05, 0.1) is 18.5 Å². The summed E-state index contributed by atoms with van der Waals surface area (Å²) >= 11 is 0. The number of hydrogen-bond acceptors (Lipinski definition) is 4. The van der Waals surface area contributed by atoms with E-state index in [0.29, 0.717) is 5.92 Å². The molecular weight excluding hydrogens is 266 g/mol. The lowest BCUT2D eigenvalue weighted by Crippen LogP contribution is -2.24. The molecule has 6 nitrogen and oxygen atoms in total. The van der Waals surface area contributed by atoms with Crippen LogP contribution in [0.25, 0.3) is 0 Å². The molecular formula is C15H23N5O. The van der Waals surface area contributed by atoms with E-state index in [2.05, 4.69) is 28.6 Å². The number of ether oxygens (including phenoxy) is 1. The Labute approximate surface area is 125 Å². The third-order valence-electron chi connectivity index (χ3n) is 4.01. The zero-order chi connectivity index (χ0) is 14.7. The third-order valence-corrected chi connectivity index (χ3v) is 4.01. The molecule has 0 bridgehead atoms. The second-order valence-electron chi connectivity index (χ2n) is 5.62. The van der Waals surface area contributed by atoms with E-state index < -0.39 is 0 Å². The molecule has 0 aliphatic carbocycles. The molecule has 2 unspecified atom stereocenters. The van der Waals surface area contributed by atoms with Crippen molar-refractivity contribution in [3.63, 3.8) is 0 Å². The summed E-state index contributed by atoms with van der Waals surface area (Å²) in [5, 5.41) is 12.0. The fourth-order valence-electron chi connectivity index (χ4n) is 2.88. The SMILES string of the molecule is CCn1cc(C2OCCC2CNCc2cnn(C)c2)cn1. The molecule has 2 atom stereocenters. The molecule has 21 heavy (non-hydrogen) atoms. The molecule has 1 aliphatic heterocycles. The first-order valence-corrected chi connectivity index (χ1v) is 7.58. The summed E-state index contributed by atoms with van der Waals surface area (Å²) in [5.41, 5.74) is 2.41. The van der Waals surface area contributed by atoms with Gasteiger partial charge in [-0.25, -0.2) is 0 Å². The van der Waals surface area contributed by atoms with Crippen molar-refractivity contribution in [2.24, 2.45) is 13.0 Å². The molecule has 1 N–H and O–H groups in total. The van der Waals surface area contributed by atoms with Crippen LogP contribution in [0.1, 0.15) is 30.6 Å². The van der Waals surface area contributed by atoms with E-state index in [1.54, 1.807) is 0 Å². The summed E-state index contributed by atoms with van der Waals surface area (Å²) in [5.74, 6) is 0.510. The van der Waals surface area contributed by atoms with Gasteiger partial charge in [0, 0.05) is 62.7 Å². The number of nitrogens with one attached hydrogen (secondary N) is 1. The maximum atomic E-state index is 5.91. The molecule has 2 aromatic rings. The number of aryl methyl sites for hydroxylation is 2. The summed E-state index contributed by atoms with van der Waals surface area (Å²) in [6.07, 6.45) is 9.26. The van der Waals surface area contributed by atoms with Gasteiger partial charge in [0.2, 0.25) is 0 Å². The first-order valence-electron chi connectivity index (χ1n) is 7.58. The Morgan fingerprint density at radius 3 is 2.95 bits per heavy atom. The first-order chi connectivity index (χ1) is 10.3. The van der Waals surface area contributed by atoms with Crippen molar-refractivity contribution in [2.75, 3.05) is 13.2 Å². The Morgan fingerprint density at radius 2 is 2.24 bits per heavy atom. The van der Waals surface area contributed by atoms with E-state index in [-0.39, 0.29) is 6.10 Å². The van der Waals surface area contributed by atoms with Gasteiger partial charge in [-0.2, -0.15) is 10.2 Å². The van der Waals surface area contributed by atoms with Crippen LogP contribution < -0.4 is 5.32 Å². The van der Waals surface area contributed by atoms with E-state index >= 15 is 0 Å². The average molecular weight is 289 g/mol. The van der Waals surface area contributed by atoms with Crippen molar-refractivity contribution in [1.82, 2.24) is 24.9 Å². The minimum Gasteiger partial charge on any atom is -0.373 e. The van der Waals surface area contributed by atoms with Crippen LogP contribution in [0.4, 0.5) is 0 Å². The van der Waals surface area contributed by atoms with Crippen LogP contribution in [-0.4, -0.2) is 32.7 Å². The van der Waals surface area contributed by atoms with Crippen LogP contribution >= 0.6 is 0 Å². The maximum Gasteiger partial charge on any atom is 0.0896 e. The largest absolute Gasteiger partial charge is 0.373 e. The minimum atomic E-state index is 0.173. The molecule has 0 saturated carbocycles. The van der Waals surface area contributed by atoms with Crippen LogP contribution in [0.3, 0.4) is 0 Å². The Hall–Kier alpha value is -1.66. The molecule has 0 spiro atoms. The predicted molar refractivity (Wildman–Crippen MR) is 79.6 cm³/mol. The van der Waals surface area contributed by atoms with Gasteiger partial charge >= 0.3 is 0 Å². The Kier molecular flexibility index (Phi) is 4.36. The summed E-state index contributed by atoms with van der Waals surface area (Å²) in [6.45, 7) is 5.64. The zero-order valence-corrected chi connectivity index (χ0v) is 12.7. The number of nitrogens with zero attached hydrogens (tertiary/aromatic N) is 4. The van der Waals surface area contributed by atoms with Gasteiger partial charge < -0.3 is 10.1 Å². The number of aromatic nitrogens is 4. The lowest BCUT2D eigenvalue weighted by atomic mass is 9.97. The first kappa shape index (κ1) is 14.3. The van der Waals surface area contributed by atoms with Gasteiger partial charge in [-0.05, 0) is 13.3 Å². The fourth-order valence-corrected chi connectivity index (χ4v) is 2.88. The van der Waals surface area contributed by atoms with Crippen molar-refractivity contribution in [2.45, 2.75) is 32.5 Å². The van der Waals surface area contributed by atoms with Gasteiger partial charge in [0.15, 0.2) is 0 Å². The summed E-state index contributed by atoms with van der Waals surface area (Å²) in [6, 6.07) is 0. The highest BCUT2D eigenvalue weighted by Crippen LogP contribution is 2.33. The molecule has 1 aliphatic rings. The molecule has 114 valence electrons. The Bertz CT molecular complexity index is 576. The van der Waals surface area contributed by atoms with Crippen LogP contribution in [-0.2, 0) is 24.9 Å². The van der Waals surface area contributed by atoms with Gasteiger partial charge in [0.25, 0.3) is 0 Å². The van der Waals surface area contributed by atoms with E-state index in [4.69, 9.17) is 4.74 Å². The molecule has 3 heterocycles. The Balaban J connectivity index is 1.54. The van der Waals surface area contributed by atoms with Crippen LogP contribution in [0, 0.1) is 5.92 Å². The van der Waals surface area contributed by atoms with Crippen molar-refractivity contribution >= 4 is 0 Å². The van der Waals surface area contributed by atoms with Crippen LogP contribution in [0.15, 0.2) is 24.8 Å². The molecule has 1 fully saturated rings. The second kappa shape index (κ2) is 6.41. The van der Waals surface area contributed by atoms with Crippen molar-refractivity contribution < 1.29 is 4.74 Å². The maximum absolute atomic E-state index is 5.91. The monoisotopic (exact) mass is 289 g/mol. The van der Waals surface area contributed by atoms with Gasteiger partial charge in [-0.3, -0.25) is 9.36 Å². The topological polar surface area (TPSA) is 56.9 Å². The van der Waals surface area contributed by atoms with Crippen molar-refractivity contribution in [3.05, 3.63) is 35.9 Å². The summed E-state index contributed by atoms with van der Waals surface area (Å²) in [7, 11) is 1.94. The van der Waals surface area contributed by atoms with Crippen molar-refractivity contribution in [1.29, 1.82) is 0 Å². The molecule has 0 amide bonds. The van der Waals surface area contributed by atoms with Gasteiger partial charge in [-0.15, -0.1) is 0 Å². The highest BCUT2D eigenvalue weighted by atomic mass is 16.5. The normalized spacial score (nSPS) is 22.0. The average Bonchev–Trinajstić information content (AvgIpc) is 3.19. The van der Waals surface area contributed by atoms with E-state index in [9.17, 15) is 0 Å². The second-order valence-corrected chi connectivity index (χ2v) is 5.62. The van der Waals surface area contributed by atoms with Gasteiger partial charge in [-0.1, -0.05) is 0 Å². The third kappa shape index (κ3) is 3.33. The highest BCUT2D eigenvalue weighted by molar-refractivity contribution is 5.11. The molecule has 3 rings (SSSR count). The zero-order valence-electron chi connectivity index (χ0n) is 12.7. The quantitative estimate of drug-likeness (QED) is 0.875. The van der Waals surface area contributed by atoms with Crippen LogP contribution in [0.5, 0.6) is 0 Å². The molecule has 2 aromatic heterocycles. The lowest BCUT2D eigenvalue weighted by Gasteiger charge is -2.17. The Morgan fingerprint density at radius 1 is 1.33 bits per heavy atom. The summed E-state index contributed by atoms with van der Waals surface area (Å²) < 4.78 is 9.69. The lowest BCUT2D eigenvalue weighted by molar-refractivity contribution is 0.0904. The molecule has 0 radical (unpaired) electrons. The minimum absolute atomic E-state index is 0.173. The molecule has 1 saturated heterocycles. The van der Waals surface area contributed by atoms with E-state index in [0.717, 1.165) is 32.7 Å². The fraction of sp³-hybridized carbons (Fsp3) is 0.600. The van der Waals surface area contributed by atoms with Gasteiger partial charge in [0.1, 0.15) is 0 Å². The molecule has 6 heteroatoms. The standard InChI is InChI=1S/C15H23N5O/c1-3-20-11-14(9-18-20)15-13(4-5-21-15)8-16-6-12-7-17-19(2)10-12/h7,9-11,13,15-16H,3-6,8H2,1-2H3. The van der Waals surface area contributed by atoms with Crippen molar-refractivity contribution in [3.8, 4) is 0 Å². The number of hydrogen-bond donors (Lipinski definition) is 1. The summed E-state index contributed by atoms with van der Waals surface area (Å²) in [4.78, 5) is 0.